The lowest BCUT2D eigenvalue weighted by Crippen LogP contribution is -2.10. The minimum Gasteiger partial charge on any atom is -0.465 e. The highest BCUT2D eigenvalue weighted by Crippen LogP contribution is 2.30. The van der Waals surface area contributed by atoms with Gasteiger partial charge >= 0.3 is 5.97 Å². The topological polar surface area (TPSA) is 97.7 Å². The molecule has 0 saturated carbocycles. The van der Waals surface area contributed by atoms with Crippen LogP contribution < -0.4 is 0 Å². The van der Waals surface area contributed by atoms with E-state index in [4.69, 9.17) is 4.55 Å². The van der Waals surface area contributed by atoms with E-state index in [2.05, 4.69) is 4.74 Å². The molecule has 9 heteroatoms. The summed E-state index contributed by atoms with van der Waals surface area (Å²) in [4.78, 5) is 22.3. The Morgan fingerprint density at radius 2 is 2.18 bits per heavy atom. The molecule has 94 valence electrons. The van der Waals surface area contributed by atoms with Gasteiger partial charge in [0.1, 0.15) is 5.75 Å². The number of aldehydes is 1. The van der Waals surface area contributed by atoms with E-state index in [0.717, 1.165) is 18.4 Å². The maximum atomic E-state index is 11.5. The molecule has 0 radical (unpaired) electrons. The first-order valence-electron chi connectivity index (χ1n) is 4.10. The van der Waals surface area contributed by atoms with Crippen LogP contribution in [0.25, 0.3) is 0 Å². The van der Waals surface area contributed by atoms with E-state index in [1.54, 1.807) is 22.6 Å². The number of carbonyl (C=O) groups excluding carboxylic acids is 2. The van der Waals surface area contributed by atoms with Crippen molar-refractivity contribution in [1.29, 1.82) is 0 Å². The summed E-state index contributed by atoms with van der Waals surface area (Å²) in [5, 5.41) is 0. The van der Waals surface area contributed by atoms with Crippen LogP contribution in [0.2, 0.25) is 0 Å². The Morgan fingerprint density at radius 3 is 2.59 bits per heavy atom. The number of carbonyl (C=O) groups is 2. The summed E-state index contributed by atoms with van der Waals surface area (Å²) in [7, 11) is -3.18. The molecule has 0 aromatic carbocycles. The fourth-order valence-electron chi connectivity index (χ4n) is 1.18. The Kier molecular flexibility index (Phi) is 4.63. The molecule has 0 aliphatic rings. The number of hydrogen-bond acceptors (Lipinski definition) is 6. The third kappa shape index (κ3) is 3.47. The quantitative estimate of drug-likeness (QED) is 0.361. The SMILES string of the molecule is COC(=O)c1c(I)sc(C=O)c1CS(=O)(=O)O. The predicted octanol–water partition coefficient (Wildman–Crippen LogP) is 1.34. The summed E-state index contributed by atoms with van der Waals surface area (Å²) in [6, 6.07) is 0. The number of rotatable bonds is 4. The summed E-state index contributed by atoms with van der Waals surface area (Å²) >= 11 is 2.77. The molecular weight excluding hydrogens is 383 g/mol. The summed E-state index contributed by atoms with van der Waals surface area (Å²) < 4.78 is 35.4. The van der Waals surface area contributed by atoms with Gasteiger partial charge in [-0.25, -0.2) is 4.79 Å². The number of ether oxygens (including phenoxy) is 1. The number of esters is 1. The lowest BCUT2D eigenvalue weighted by Gasteiger charge is -2.02. The Labute approximate surface area is 115 Å². The van der Waals surface area contributed by atoms with Gasteiger partial charge < -0.3 is 4.74 Å². The highest BCUT2D eigenvalue weighted by atomic mass is 127. The Balaban J connectivity index is 3.42. The van der Waals surface area contributed by atoms with Gasteiger partial charge in [-0.3, -0.25) is 9.35 Å². The molecule has 17 heavy (non-hydrogen) atoms. The second-order valence-corrected chi connectivity index (χ2v) is 7.24. The molecule has 1 aromatic rings. The van der Waals surface area contributed by atoms with E-state index < -0.39 is 21.8 Å². The van der Waals surface area contributed by atoms with Crippen molar-refractivity contribution >= 4 is 56.3 Å². The van der Waals surface area contributed by atoms with Gasteiger partial charge in [0, 0.05) is 5.56 Å². The third-order valence-corrected chi connectivity index (χ3v) is 4.62. The summed E-state index contributed by atoms with van der Waals surface area (Å²) in [5.74, 6) is -1.53. The maximum absolute atomic E-state index is 11.5. The smallest absolute Gasteiger partial charge is 0.340 e. The van der Waals surface area contributed by atoms with Crippen LogP contribution in [0, 0.1) is 2.88 Å². The first kappa shape index (κ1) is 14.5. The Morgan fingerprint density at radius 1 is 1.59 bits per heavy atom. The first-order chi connectivity index (χ1) is 7.80. The zero-order valence-electron chi connectivity index (χ0n) is 8.47. The fraction of sp³-hybridized carbons (Fsp3) is 0.250. The first-order valence-corrected chi connectivity index (χ1v) is 7.60. The van der Waals surface area contributed by atoms with E-state index in [1.165, 1.54) is 0 Å². The third-order valence-electron chi connectivity index (χ3n) is 1.82. The van der Waals surface area contributed by atoms with E-state index >= 15 is 0 Å². The van der Waals surface area contributed by atoms with E-state index in [-0.39, 0.29) is 16.0 Å². The zero-order chi connectivity index (χ0) is 13.2. The fourth-order valence-corrected chi connectivity index (χ4v) is 4.04. The van der Waals surface area contributed by atoms with Crippen LogP contribution in [-0.2, 0) is 20.6 Å². The van der Waals surface area contributed by atoms with Gasteiger partial charge in [-0.1, -0.05) is 0 Å². The molecule has 0 atom stereocenters. The second-order valence-electron chi connectivity index (χ2n) is 2.93. The molecule has 0 saturated heterocycles. The van der Waals surface area contributed by atoms with Crippen LogP contribution >= 0.6 is 33.9 Å². The van der Waals surface area contributed by atoms with Gasteiger partial charge in [0.05, 0.1) is 20.4 Å². The summed E-state index contributed by atoms with van der Waals surface area (Å²) in [6.07, 6.45) is 0.444. The molecule has 0 aliphatic carbocycles. The molecule has 0 fully saturated rings. The van der Waals surface area contributed by atoms with Crippen molar-refractivity contribution < 1.29 is 27.3 Å². The maximum Gasteiger partial charge on any atom is 0.340 e. The lowest BCUT2D eigenvalue weighted by atomic mass is 10.2. The highest BCUT2D eigenvalue weighted by molar-refractivity contribution is 14.1. The number of thiophene rings is 1. The average molecular weight is 390 g/mol. The summed E-state index contributed by atoms with van der Waals surface area (Å²) in [5.41, 5.74) is -0.0124. The molecule has 1 N–H and O–H groups in total. The zero-order valence-corrected chi connectivity index (χ0v) is 12.3. The van der Waals surface area contributed by atoms with Crippen LogP contribution in [-0.4, -0.2) is 32.3 Å². The average Bonchev–Trinajstić information content (AvgIpc) is 2.51. The van der Waals surface area contributed by atoms with Crippen molar-refractivity contribution in [1.82, 2.24) is 0 Å². The molecule has 0 spiro atoms. The molecular formula is C8H7IO6S2. The van der Waals surface area contributed by atoms with Gasteiger partial charge in [0.15, 0.2) is 6.29 Å². The molecule has 6 nitrogen and oxygen atoms in total. The van der Waals surface area contributed by atoms with Gasteiger partial charge in [0.25, 0.3) is 10.1 Å². The van der Waals surface area contributed by atoms with Crippen LogP contribution in [0.3, 0.4) is 0 Å². The molecule has 1 heterocycles. The number of hydrogen-bond donors (Lipinski definition) is 1. The van der Waals surface area contributed by atoms with Crippen LogP contribution in [0.1, 0.15) is 25.6 Å². The van der Waals surface area contributed by atoms with Crippen molar-refractivity contribution in [2.24, 2.45) is 0 Å². The van der Waals surface area contributed by atoms with E-state index in [1.807, 2.05) is 0 Å². The van der Waals surface area contributed by atoms with Gasteiger partial charge in [0.2, 0.25) is 0 Å². The van der Waals surface area contributed by atoms with Crippen LogP contribution in [0.4, 0.5) is 0 Å². The van der Waals surface area contributed by atoms with Crippen molar-refractivity contribution in [3.63, 3.8) is 0 Å². The second kappa shape index (κ2) is 5.42. The van der Waals surface area contributed by atoms with E-state index in [9.17, 15) is 18.0 Å². The largest absolute Gasteiger partial charge is 0.465 e. The Bertz CT molecular complexity index is 559. The molecule has 0 bridgehead atoms. The van der Waals surface area contributed by atoms with Crippen molar-refractivity contribution in [2.45, 2.75) is 5.75 Å². The minimum atomic E-state index is -4.32. The van der Waals surface area contributed by atoms with Crippen LogP contribution in [0.15, 0.2) is 0 Å². The predicted molar refractivity (Wildman–Crippen MR) is 69.0 cm³/mol. The standard InChI is InChI=1S/C8H7IO6S2/c1-15-8(11)6-4(3-17(12,13)14)5(2-10)16-7(6)9/h2H,3H2,1H3,(H,12,13,14). The van der Waals surface area contributed by atoms with Crippen molar-refractivity contribution in [2.75, 3.05) is 7.11 Å². The van der Waals surface area contributed by atoms with Crippen LogP contribution in [0.5, 0.6) is 0 Å². The van der Waals surface area contributed by atoms with Gasteiger partial charge in [-0.2, -0.15) is 8.42 Å². The van der Waals surface area contributed by atoms with Gasteiger partial charge in [-0.15, -0.1) is 11.3 Å². The highest BCUT2D eigenvalue weighted by Gasteiger charge is 2.25. The Hall–Kier alpha value is -0.520. The summed E-state index contributed by atoms with van der Waals surface area (Å²) in [6.45, 7) is 0. The molecule has 0 aliphatic heterocycles. The molecule has 1 aromatic heterocycles. The monoisotopic (exact) mass is 390 g/mol. The number of methoxy groups -OCH3 is 1. The molecule has 1 rings (SSSR count). The van der Waals surface area contributed by atoms with Crippen molar-refractivity contribution in [3.8, 4) is 0 Å². The number of halogens is 1. The van der Waals surface area contributed by atoms with Crippen molar-refractivity contribution in [3.05, 3.63) is 18.9 Å². The molecule has 0 unspecified atom stereocenters. The molecule has 0 amide bonds. The van der Waals surface area contributed by atoms with E-state index in [0.29, 0.717) is 9.17 Å². The van der Waals surface area contributed by atoms with Gasteiger partial charge in [-0.05, 0) is 22.6 Å². The lowest BCUT2D eigenvalue weighted by molar-refractivity contribution is 0.0599. The minimum absolute atomic E-state index is 0.0119. The normalized spacial score (nSPS) is 11.2.